The molecule has 27 heavy (non-hydrogen) atoms. The number of methoxy groups -OCH3 is 1. The lowest BCUT2D eigenvalue weighted by atomic mass is 10.2. The van der Waals surface area contributed by atoms with Crippen molar-refractivity contribution in [1.82, 2.24) is 14.4 Å². The van der Waals surface area contributed by atoms with Crippen molar-refractivity contribution in [1.29, 1.82) is 0 Å². The summed E-state index contributed by atoms with van der Waals surface area (Å²) in [6.07, 6.45) is 1.82. The summed E-state index contributed by atoms with van der Waals surface area (Å²) in [5.74, 6) is 1.54. The summed E-state index contributed by atoms with van der Waals surface area (Å²) in [6.45, 7) is 1.17. The van der Waals surface area contributed by atoms with Crippen LogP contribution in [0.3, 0.4) is 0 Å². The zero-order chi connectivity index (χ0) is 18.9. The topological polar surface area (TPSA) is 85.5 Å². The Morgan fingerprint density at radius 2 is 1.59 bits per heavy atom. The third kappa shape index (κ3) is 3.45. The SMILES string of the molecule is COc1ccc(-c2nc(-c3ccc(S(=O)(=O)N4CCCC4)cc3)no2)cc1. The zero-order valence-corrected chi connectivity index (χ0v) is 15.6. The Morgan fingerprint density at radius 3 is 2.22 bits per heavy atom. The van der Waals surface area contributed by atoms with Gasteiger partial charge in [-0.05, 0) is 61.4 Å². The van der Waals surface area contributed by atoms with E-state index in [9.17, 15) is 8.42 Å². The number of hydrogen-bond acceptors (Lipinski definition) is 6. The molecule has 0 unspecified atom stereocenters. The quantitative estimate of drug-likeness (QED) is 0.670. The highest BCUT2D eigenvalue weighted by Gasteiger charge is 2.27. The summed E-state index contributed by atoms with van der Waals surface area (Å²) < 4.78 is 37.2. The molecule has 0 spiro atoms. The van der Waals surface area contributed by atoms with E-state index in [2.05, 4.69) is 10.1 Å². The molecular weight excluding hydrogens is 366 g/mol. The van der Waals surface area contributed by atoms with E-state index in [0.29, 0.717) is 30.4 Å². The van der Waals surface area contributed by atoms with Crippen molar-refractivity contribution in [2.24, 2.45) is 0 Å². The summed E-state index contributed by atoms with van der Waals surface area (Å²) in [6, 6.07) is 13.9. The highest BCUT2D eigenvalue weighted by atomic mass is 32.2. The molecule has 2 heterocycles. The standard InChI is InChI=1S/C19H19N3O4S/c1-25-16-8-4-15(5-9-16)19-20-18(21-26-19)14-6-10-17(11-7-14)27(23,24)22-12-2-3-13-22/h4-11H,2-3,12-13H2,1H3. The fourth-order valence-corrected chi connectivity index (χ4v) is 4.56. The number of nitrogens with zero attached hydrogens (tertiary/aromatic N) is 3. The van der Waals surface area contributed by atoms with Crippen molar-refractivity contribution < 1.29 is 17.7 Å². The van der Waals surface area contributed by atoms with E-state index in [0.717, 1.165) is 24.2 Å². The summed E-state index contributed by atoms with van der Waals surface area (Å²) in [5, 5.41) is 4.00. The molecule has 0 atom stereocenters. The van der Waals surface area contributed by atoms with Crippen LogP contribution in [0.1, 0.15) is 12.8 Å². The Morgan fingerprint density at radius 1 is 0.963 bits per heavy atom. The van der Waals surface area contributed by atoms with E-state index >= 15 is 0 Å². The Hall–Kier alpha value is -2.71. The van der Waals surface area contributed by atoms with Crippen LogP contribution in [0, 0.1) is 0 Å². The molecule has 3 aromatic rings. The predicted octanol–water partition coefficient (Wildman–Crippen LogP) is 3.20. The van der Waals surface area contributed by atoms with Crippen molar-refractivity contribution in [2.45, 2.75) is 17.7 Å². The molecular formula is C19H19N3O4S. The van der Waals surface area contributed by atoms with Crippen molar-refractivity contribution in [3.63, 3.8) is 0 Å². The van der Waals surface area contributed by atoms with Gasteiger partial charge in [0.15, 0.2) is 0 Å². The molecule has 2 aromatic carbocycles. The van der Waals surface area contributed by atoms with Crippen LogP contribution < -0.4 is 4.74 Å². The molecule has 0 saturated carbocycles. The molecule has 4 rings (SSSR count). The lowest BCUT2D eigenvalue weighted by molar-refractivity contribution is 0.414. The average molecular weight is 385 g/mol. The smallest absolute Gasteiger partial charge is 0.258 e. The van der Waals surface area contributed by atoms with Gasteiger partial charge in [-0.25, -0.2) is 8.42 Å². The van der Waals surface area contributed by atoms with Crippen LogP contribution >= 0.6 is 0 Å². The lowest BCUT2D eigenvalue weighted by Gasteiger charge is -2.15. The second-order valence-electron chi connectivity index (χ2n) is 6.29. The minimum Gasteiger partial charge on any atom is -0.497 e. The molecule has 1 aliphatic rings. The average Bonchev–Trinajstić information content (AvgIpc) is 3.41. The minimum atomic E-state index is -3.42. The third-order valence-electron chi connectivity index (χ3n) is 4.58. The Balaban J connectivity index is 1.56. The molecule has 0 radical (unpaired) electrons. The maximum absolute atomic E-state index is 12.6. The molecule has 140 valence electrons. The molecule has 0 bridgehead atoms. The normalized spacial score (nSPS) is 15.1. The van der Waals surface area contributed by atoms with E-state index in [1.165, 1.54) is 4.31 Å². The minimum absolute atomic E-state index is 0.284. The van der Waals surface area contributed by atoms with Gasteiger partial charge in [-0.1, -0.05) is 5.16 Å². The maximum atomic E-state index is 12.6. The Kier molecular flexibility index (Phi) is 4.67. The number of aromatic nitrogens is 2. The lowest BCUT2D eigenvalue weighted by Crippen LogP contribution is -2.27. The fraction of sp³-hybridized carbons (Fsp3) is 0.263. The highest BCUT2D eigenvalue weighted by molar-refractivity contribution is 7.89. The largest absolute Gasteiger partial charge is 0.497 e. The molecule has 1 aromatic heterocycles. The van der Waals surface area contributed by atoms with Crippen LogP contribution in [0.15, 0.2) is 57.9 Å². The van der Waals surface area contributed by atoms with Crippen LogP contribution in [-0.2, 0) is 10.0 Å². The van der Waals surface area contributed by atoms with Gasteiger partial charge in [-0.2, -0.15) is 9.29 Å². The Labute approximate surface area is 157 Å². The van der Waals surface area contributed by atoms with Crippen LogP contribution in [-0.4, -0.2) is 43.1 Å². The molecule has 0 amide bonds. The Bertz CT molecular complexity index is 1020. The highest BCUT2D eigenvalue weighted by Crippen LogP contribution is 2.26. The van der Waals surface area contributed by atoms with E-state index in [-0.39, 0.29) is 4.90 Å². The van der Waals surface area contributed by atoms with Gasteiger partial charge < -0.3 is 9.26 Å². The van der Waals surface area contributed by atoms with Gasteiger partial charge in [0.2, 0.25) is 15.8 Å². The third-order valence-corrected chi connectivity index (χ3v) is 6.49. The van der Waals surface area contributed by atoms with E-state index in [1.807, 2.05) is 24.3 Å². The van der Waals surface area contributed by atoms with Crippen molar-refractivity contribution in [3.05, 3.63) is 48.5 Å². The first-order valence-corrected chi connectivity index (χ1v) is 10.1. The monoisotopic (exact) mass is 385 g/mol. The molecule has 0 N–H and O–H groups in total. The first kappa shape index (κ1) is 17.7. The second-order valence-corrected chi connectivity index (χ2v) is 8.23. The fourth-order valence-electron chi connectivity index (χ4n) is 3.05. The molecule has 7 nitrogen and oxygen atoms in total. The number of benzene rings is 2. The summed E-state index contributed by atoms with van der Waals surface area (Å²) >= 11 is 0. The van der Waals surface area contributed by atoms with Crippen molar-refractivity contribution in [3.8, 4) is 28.6 Å². The second kappa shape index (κ2) is 7.13. The van der Waals surface area contributed by atoms with Crippen LogP contribution in [0.5, 0.6) is 5.75 Å². The van der Waals surface area contributed by atoms with E-state index in [4.69, 9.17) is 9.26 Å². The zero-order valence-electron chi connectivity index (χ0n) is 14.8. The summed E-state index contributed by atoms with van der Waals surface area (Å²) in [5.41, 5.74) is 1.47. The molecule has 0 aliphatic carbocycles. The van der Waals surface area contributed by atoms with Crippen LogP contribution in [0.25, 0.3) is 22.8 Å². The number of rotatable bonds is 5. The van der Waals surface area contributed by atoms with Gasteiger partial charge in [0, 0.05) is 24.2 Å². The molecule has 1 saturated heterocycles. The van der Waals surface area contributed by atoms with Crippen LogP contribution in [0.4, 0.5) is 0 Å². The van der Waals surface area contributed by atoms with Crippen LogP contribution in [0.2, 0.25) is 0 Å². The van der Waals surface area contributed by atoms with Gasteiger partial charge in [-0.15, -0.1) is 0 Å². The van der Waals surface area contributed by atoms with Crippen molar-refractivity contribution >= 4 is 10.0 Å². The van der Waals surface area contributed by atoms with Gasteiger partial charge in [0.1, 0.15) is 5.75 Å². The van der Waals surface area contributed by atoms with E-state index in [1.54, 1.807) is 31.4 Å². The van der Waals surface area contributed by atoms with Gasteiger partial charge in [-0.3, -0.25) is 0 Å². The van der Waals surface area contributed by atoms with Crippen molar-refractivity contribution in [2.75, 3.05) is 20.2 Å². The number of sulfonamides is 1. The molecule has 1 aliphatic heterocycles. The first-order valence-electron chi connectivity index (χ1n) is 8.67. The van der Waals surface area contributed by atoms with Gasteiger partial charge in [0.05, 0.1) is 12.0 Å². The predicted molar refractivity (Wildman–Crippen MR) is 99.7 cm³/mol. The molecule has 8 heteroatoms. The maximum Gasteiger partial charge on any atom is 0.258 e. The van der Waals surface area contributed by atoms with E-state index < -0.39 is 10.0 Å². The first-order chi connectivity index (χ1) is 13.1. The summed E-state index contributed by atoms with van der Waals surface area (Å²) in [7, 11) is -1.82. The van der Waals surface area contributed by atoms with Gasteiger partial charge in [0.25, 0.3) is 5.89 Å². The molecule has 1 fully saturated rings. The number of hydrogen-bond donors (Lipinski definition) is 0. The summed E-state index contributed by atoms with van der Waals surface area (Å²) in [4.78, 5) is 4.68. The number of ether oxygens (including phenoxy) is 1. The van der Waals surface area contributed by atoms with Gasteiger partial charge >= 0.3 is 0 Å².